The van der Waals surface area contributed by atoms with Crippen LogP contribution in [0.3, 0.4) is 0 Å². The predicted octanol–water partition coefficient (Wildman–Crippen LogP) is 4.11. The summed E-state index contributed by atoms with van der Waals surface area (Å²) < 4.78 is 29.0. The molecule has 0 saturated heterocycles. The molecular weight excluding hydrogens is 402 g/mol. The Morgan fingerprint density at radius 2 is 1.77 bits per heavy atom. The zero-order valence-corrected chi connectivity index (χ0v) is 16.1. The molecule has 3 aromatic heterocycles. The van der Waals surface area contributed by atoms with Gasteiger partial charge in [-0.25, -0.2) is 13.5 Å². The first-order valence-electron chi connectivity index (χ1n) is 9.48. The molecule has 1 N–H and O–H groups in total. The van der Waals surface area contributed by atoms with Crippen molar-refractivity contribution in [2.24, 2.45) is 0 Å². The van der Waals surface area contributed by atoms with Crippen LogP contribution in [0.5, 0.6) is 0 Å². The zero-order chi connectivity index (χ0) is 21.2. The summed E-state index contributed by atoms with van der Waals surface area (Å²) in [6.45, 7) is 0.626. The highest BCUT2D eigenvalue weighted by molar-refractivity contribution is 5.67. The Hall–Kier alpha value is -4.21. The summed E-state index contributed by atoms with van der Waals surface area (Å²) in [7, 11) is 0. The Morgan fingerprint density at radius 1 is 0.903 bits per heavy atom. The average Bonchev–Trinajstić information content (AvgIpc) is 3.42. The number of alkyl halides is 2. The third-order valence-electron chi connectivity index (χ3n) is 4.64. The van der Waals surface area contributed by atoms with Crippen LogP contribution in [-0.2, 0) is 6.54 Å². The van der Waals surface area contributed by atoms with Crippen LogP contribution in [-0.4, -0.2) is 34.8 Å². The molecular formula is C21H16F2N8. The van der Waals surface area contributed by atoms with E-state index in [1.807, 2.05) is 60.8 Å². The number of halogens is 2. The maximum atomic E-state index is 13.1. The SMILES string of the molecule is FC(F)c1nnc2ccc(Nc3cccc(-c4cn(Cc5ccccc5)nn4)c3)nn12. The lowest BCUT2D eigenvalue weighted by Gasteiger charge is -2.07. The first kappa shape index (κ1) is 18.8. The summed E-state index contributed by atoms with van der Waals surface area (Å²) in [6.07, 6.45) is -0.887. The van der Waals surface area contributed by atoms with Crippen LogP contribution in [0.25, 0.3) is 16.9 Å². The van der Waals surface area contributed by atoms with Crippen LogP contribution in [0.1, 0.15) is 17.8 Å². The van der Waals surface area contributed by atoms with E-state index in [0.29, 0.717) is 12.4 Å². The molecule has 5 aromatic rings. The molecule has 3 heterocycles. The molecule has 0 bridgehead atoms. The van der Waals surface area contributed by atoms with Crippen molar-refractivity contribution < 1.29 is 8.78 Å². The molecule has 0 amide bonds. The fourth-order valence-electron chi connectivity index (χ4n) is 3.19. The number of anilines is 2. The molecule has 0 unspecified atom stereocenters. The normalized spacial score (nSPS) is 11.3. The van der Waals surface area contributed by atoms with Crippen molar-refractivity contribution in [3.05, 3.63) is 84.3 Å². The predicted molar refractivity (Wildman–Crippen MR) is 110 cm³/mol. The van der Waals surface area contributed by atoms with Crippen LogP contribution in [0, 0.1) is 0 Å². The number of nitrogens with one attached hydrogen (secondary N) is 1. The van der Waals surface area contributed by atoms with Gasteiger partial charge in [-0.2, -0.15) is 4.52 Å². The Morgan fingerprint density at radius 3 is 2.61 bits per heavy atom. The Labute approximate surface area is 175 Å². The van der Waals surface area contributed by atoms with Crippen molar-refractivity contribution in [2.75, 3.05) is 5.32 Å². The van der Waals surface area contributed by atoms with Crippen molar-refractivity contribution >= 4 is 17.2 Å². The molecule has 0 spiro atoms. The maximum Gasteiger partial charge on any atom is 0.299 e. The van der Waals surface area contributed by atoms with Gasteiger partial charge in [0.25, 0.3) is 6.43 Å². The Balaban J connectivity index is 1.37. The topological polar surface area (TPSA) is 85.8 Å². The highest BCUT2D eigenvalue weighted by Crippen LogP contribution is 2.24. The fourth-order valence-corrected chi connectivity index (χ4v) is 3.19. The molecule has 2 aromatic carbocycles. The van der Waals surface area contributed by atoms with E-state index in [2.05, 4.69) is 30.9 Å². The molecule has 0 aliphatic carbocycles. The number of rotatable bonds is 6. The van der Waals surface area contributed by atoms with Gasteiger partial charge < -0.3 is 5.32 Å². The molecule has 0 radical (unpaired) electrons. The minimum atomic E-state index is -2.76. The van der Waals surface area contributed by atoms with Gasteiger partial charge in [-0.3, -0.25) is 0 Å². The Bertz CT molecular complexity index is 1330. The molecule has 31 heavy (non-hydrogen) atoms. The number of hydrogen-bond acceptors (Lipinski definition) is 6. The molecule has 5 rings (SSSR count). The zero-order valence-electron chi connectivity index (χ0n) is 16.1. The van der Waals surface area contributed by atoms with Crippen LogP contribution < -0.4 is 5.32 Å². The van der Waals surface area contributed by atoms with Gasteiger partial charge in [-0.1, -0.05) is 47.7 Å². The van der Waals surface area contributed by atoms with Crippen LogP contribution in [0.2, 0.25) is 0 Å². The molecule has 10 heteroatoms. The van der Waals surface area contributed by atoms with E-state index in [1.54, 1.807) is 16.8 Å². The lowest BCUT2D eigenvalue weighted by atomic mass is 10.1. The van der Waals surface area contributed by atoms with Crippen molar-refractivity contribution in [3.8, 4) is 11.3 Å². The van der Waals surface area contributed by atoms with Gasteiger partial charge in [0, 0.05) is 11.3 Å². The van der Waals surface area contributed by atoms with E-state index in [9.17, 15) is 8.78 Å². The smallest absolute Gasteiger partial charge is 0.299 e. The van der Waals surface area contributed by atoms with Gasteiger partial charge in [0.2, 0.25) is 5.82 Å². The van der Waals surface area contributed by atoms with Crippen LogP contribution in [0.4, 0.5) is 20.3 Å². The van der Waals surface area contributed by atoms with Gasteiger partial charge in [-0.15, -0.1) is 20.4 Å². The second-order valence-electron chi connectivity index (χ2n) is 6.84. The summed E-state index contributed by atoms with van der Waals surface area (Å²) >= 11 is 0. The van der Waals surface area contributed by atoms with Gasteiger partial charge in [0.1, 0.15) is 5.69 Å². The maximum absolute atomic E-state index is 13.1. The van der Waals surface area contributed by atoms with E-state index in [0.717, 1.165) is 27.0 Å². The average molecular weight is 418 g/mol. The summed E-state index contributed by atoms with van der Waals surface area (Å²) in [5, 5.41) is 22.9. The second kappa shape index (κ2) is 7.90. The molecule has 0 aliphatic heterocycles. The molecule has 0 fully saturated rings. The first-order chi connectivity index (χ1) is 15.2. The van der Waals surface area contributed by atoms with Gasteiger partial charge >= 0.3 is 0 Å². The highest BCUT2D eigenvalue weighted by Gasteiger charge is 2.17. The van der Waals surface area contributed by atoms with Gasteiger partial charge in [0.05, 0.1) is 12.7 Å². The summed E-state index contributed by atoms with van der Waals surface area (Å²) in [4.78, 5) is 0. The monoisotopic (exact) mass is 418 g/mol. The highest BCUT2D eigenvalue weighted by atomic mass is 19.3. The number of benzene rings is 2. The van der Waals surface area contributed by atoms with Crippen molar-refractivity contribution in [1.29, 1.82) is 0 Å². The number of aromatic nitrogens is 7. The number of fused-ring (bicyclic) bond motifs is 1. The standard InChI is InChI=1S/C21H16F2N8/c22-20(23)21-27-26-19-10-9-18(28-31(19)21)24-16-8-4-7-15(11-16)17-13-30(29-25-17)12-14-5-2-1-3-6-14/h1-11,13,20H,12H2,(H,24,28). The number of nitrogens with zero attached hydrogens (tertiary/aromatic N) is 7. The lowest BCUT2D eigenvalue weighted by molar-refractivity contribution is 0.137. The van der Waals surface area contributed by atoms with E-state index >= 15 is 0 Å². The number of hydrogen-bond donors (Lipinski definition) is 1. The first-order valence-corrected chi connectivity index (χ1v) is 9.48. The van der Waals surface area contributed by atoms with Crippen molar-refractivity contribution in [3.63, 3.8) is 0 Å². The molecule has 154 valence electrons. The minimum Gasteiger partial charge on any atom is -0.339 e. The van der Waals surface area contributed by atoms with Crippen molar-refractivity contribution in [1.82, 2.24) is 34.8 Å². The van der Waals surface area contributed by atoms with Gasteiger partial charge in [0.15, 0.2) is 11.5 Å². The fraction of sp³-hybridized carbons (Fsp3) is 0.0952. The Kier molecular flexibility index (Phi) is 4.79. The van der Waals surface area contributed by atoms with E-state index in [-0.39, 0.29) is 5.65 Å². The minimum absolute atomic E-state index is 0.254. The summed E-state index contributed by atoms with van der Waals surface area (Å²) in [6, 6.07) is 20.8. The third kappa shape index (κ3) is 3.95. The van der Waals surface area contributed by atoms with E-state index in [4.69, 9.17) is 0 Å². The summed E-state index contributed by atoms with van der Waals surface area (Å²) in [5.74, 6) is -0.110. The van der Waals surface area contributed by atoms with E-state index < -0.39 is 12.2 Å². The van der Waals surface area contributed by atoms with Crippen LogP contribution >= 0.6 is 0 Å². The quantitative estimate of drug-likeness (QED) is 0.447. The van der Waals surface area contributed by atoms with Crippen LogP contribution in [0.15, 0.2) is 72.9 Å². The molecule has 8 nitrogen and oxygen atoms in total. The molecule has 0 saturated carbocycles. The molecule has 0 atom stereocenters. The molecule has 0 aliphatic rings. The van der Waals surface area contributed by atoms with E-state index in [1.165, 1.54) is 0 Å². The summed E-state index contributed by atoms with van der Waals surface area (Å²) in [5.41, 5.74) is 3.70. The lowest BCUT2D eigenvalue weighted by Crippen LogP contribution is -2.03. The van der Waals surface area contributed by atoms with Crippen molar-refractivity contribution in [2.45, 2.75) is 13.0 Å². The largest absolute Gasteiger partial charge is 0.339 e. The third-order valence-corrected chi connectivity index (χ3v) is 4.64. The second-order valence-corrected chi connectivity index (χ2v) is 6.84. The van der Waals surface area contributed by atoms with Gasteiger partial charge in [-0.05, 0) is 29.8 Å².